The van der Waals surface area contributed by atoms with Crippen LogP contribution in [-0.4, -0.2) is 0 Å². The first-order valence-electron chi connectivity index (χ1n) is 26.6. The summed E-state index contributed by atoms with van der Waals surface area (Å²) in [7, 11) is 0. The van der Waals surface area contributed by atoms with Crippen LogP contribution in [0.2, 0.25) is 0 Å². The molecule has 0 heterocycles. The Morgan fingerprint density at radius 2 is 0.195 bits per heavy atom. The maximum atomic E-state index is 2.60. The van der Waals surface area contributed by atoms with Crippen LogP contribution in [0.1, 0.15) is 0 Å². The maximum absolute atomic E-state index is 5.01. The first-order chi connectivity index (χ1) is 38.3. The van der Waals surface area contributed by atoms with E-state index in [-0.39, 0.29) is 0 Å². The van der Waals surface area contributed by atoms with Crippen molar-refractivity contribution in [3.05, 3.63) is 364 Å². The van der Waals surface area contributed by atoms with Gasteiger partial charge in [0.15, 0.2) is 0 Å². The van der Waals surface area contributed by atoms with E-state index in [0.717, 1.165) is 0 Å². The molecule has 12 aromatic rings. The molecule has 0 saturated heterocycles. The van der Waals surface area contributed by atoms with E-state index in [2.05, 4.69) is 364 Å². The Labute approximate surface area is 459 Å². The Balaban J connectivity index is 1.64. The molecule has 0 aliphatic heterocycles. The molecule has 0 nitrogen and oxygen atoms in total. The van der Waals surface area contributed by atoms with Crippen molar-refractivity contribution >= 4 is 86.0 Å². The van der Waals surface area contributed by atoms with Gasteiger partial charge in [-0.25, -0.2) is 0 Å². The van der Waals surface area contributed by atoms with E-state index >= 15 is 0 Å². The average Bonchev–Trinajstić information content (AvgIpc) is 3.71. The van der Waals surface area contributed by atoms with Gasteiger partial charge in [-0.3, -0.25) is 0 Å². The fraction of sp³-hybridized carbons (Fsp3) is 0. The van der Waals surface area contributed by atoms with E-state index in [4.69, 9.17) is 0 Å². The minimum absolute atomic E-state index is 1.46. The summed E-state index contributed by atoms with van der Waals surface area (Å²) >= 11 is -5.01. The third kappa shape index (κ3) is 7.98. The Bertz CT molecular complexity index is 2860. The summed E-state index contributed by atoms with van der Waals surface area (Å²) in [6.45, 7) is 0. The molecule has 380 valence electrons. The van der Waals surface area contributed by atoms with Gasteiger partial charge in [0.1, 0.15) is 0 Å². The van der Waals surface area contributed by atoms with Crippen molar-refractivity contribution in [1.29, 1.82) is 0 Å². The van der Waals surface area contributed by atoms with Gasteiger partial charge in [-0.1, -0.05) is 0 Å². The van der Waals surface area contributed by atoms with Crippen LogP contribution in [0.3, 0.4) is 0 Å². The predicted octanol–water partition coefficient (Wildman–Crippen LogP) is 12.7. The first-order valence-corrected chi connectivity index (χ1v) is 44.5. The van der Waals surface area contributed by atoms with Gasteiger partial charge in [0.05, 0.1) is 0 Å². The second kappa shape index (κ2) is 22.5. The molecule has 0 atom stereocenters. The van der Waals surface area contributed by atoms with Crippen molar-refractivity contribution < 1.29 is 12.8 Å². The fourth-order valence-electron chi connectivity index (χ4n) is 13.0. The Morgan fingerprint density at radius 1 is 0.117 bits per heavy atom. The molecular formula is C72H64P4Ru. The summed E-state index contributed by atoms with van der Waals surface area (Å²) < 4.78 is 0. The van der Waals surface area contributed by atoms with Gasteiger partial charge in [0.2, 0.25) is 0 Å². The van der Waals surface area contributed by atoms with E-state index < -0.39 is 35.2 Å². The van der Waals surface area contributed by atoms with Gasteiger partial charge in [-0.2, -0.15) is 0 Å². The second-order valence-corrected chi connectivity index (χ2v) is 74.9. The molecule has 0 bridgehead atoms. The molecule has 77 heavy (non-hydrogen) atoms. The standard InChI is InChI=1S/4C18H15P.Ru/c4*1-4-10-16(11-5-1)19(17-12-6-2-7-13-17)18-14-8-3-9-15-18;/h4*1-15H;/q;;;;-4/p+4. The zero-order valence-electron chi connectivity index (χ0n) is 43.0. The second-order valence-electron chi connectivity index (χ2n) is 19.5. The summed E-state index contributed by atoms with van der Waals surface area (Å²) in [5.74, 6) is 0. The van der Waals surface area contributed by atoms with Gasteiger partial charge < -0.3 is 0 Å². The van der Waals surface area contributed by atoms with Gasteiger partial charge >= 0.3 is 463 Å². The number of hydrogen-bond donors (Lipinski definition) is 0. The fourth-order valence-corrected chi connectivity index (χ4v) is 193. The van der Waals surface area contributed by atoms with Crippen LogP contribution < -0.4 is 63.7 Å². The van der Waals surface area contributed by atoms with Gasteiger partial charge in [0.25, 0.3) is 0 Å². The van der Waals surface area contributed by atoms with Crippen LogP contribution in [-0.2, 0) is 12.8 Å². The molecule has 0 amide bonds. The summed E-state index contributed by atoms with van der Waals surface area (Å²) in [5, 5.41) is 17.5. The summed E-state index contributed by atoms with van der Waals surface area (Å²) in [4.78, 5) is 0. The molecule has 5 heteroatoms. The van der Waals surface area contributed by atoms with Crippen molar-refractivity contribution in [3.8, 4) is 0 Å². The molecule has 0 aromatic heterocycles. The van der Waals surface area contributed by atoms with Gasteiger partial charge in [0, 0.05) is 0 Å². The molecule has 0 N–H and O–H groups in total. The monoisotopic (exact) mass is 1150 g/mol. The molecule has 0 saturated carbocycles. The van der Waals surface area contributed by atoms with E-state index in [1.807, 2.05) is 0 Å². The first kappa shape index (κ1) is 50.8. The summed E-state index contributed by atoms with van der Waals surface area (Å²) in [5.41, 5.74) is -15.6. The average molecular weight is 1150 g/mol. The van der Waals surface area contributed by atoms with E-state index in [0.29, 0.717) is 0 Å². The predicted molar refractivity (Wildman–Crippen MR) is 346 cm³/mol. The minimum atomic E-state index is -5.01. The molecule has 0 aliphatic carbocycles. The number of benzene rings is 12. The summed E-state index contributed by atoms with van der Waals surface area (Å²) in [6, 6.07) is 146. The van der Waals surface area contributed by atoms with Crippen molar-refractivity contribution in [2.24, 2.45) is 0 Å². The molecule has 0 fully saturated rings. The number of hydrogen-bond acceptors (Lipinski definition) is 0. The Morgan fingerprint density at radius 3 is 0.273 bits per heavy atom. The SMILES string of the molecule is c1ccc([PH](c2ccccc2)(c2ccccc2)[Ru]([PH](c2ccccc2)(c2ccccc2)c2ccccc2)([PH](c2ccccc2)(c2ccccc2)c2ccccc2)[PH](c2ccccc2)(c2ccccc2)c2ccccc2)cc1. The Hall–Kier alpha value is -7.02. The van der Waals surface area contributed by atoms with Crippen molar-refractivity contribution in [3.63, 3.8) is 0 Å². The molecule has 0 aliphatic rings. The van der Waals surface area contributed by atoms with Crippen LogP contribution in [0.25, 0.3) is 0 Å². The quantitative estimate of drug-likeness (QED) is 0.0668. The van der Waals surface area contributed by atoms with Gasteiger partial charge in [-0.15, -0.1) is 0 Å². The topological polar surface area (TPSA) is 0 Å². The van der Waals surface area contributed by atoms with Crippen LogP contribution in [0.4, 0.5) is 0 Å². The van der Waals surface area contributed by atoms with Crippen molar-refractivity contribution in [2.75, 3.05) is 0 Å². The van der Waals surface area contributed by atoms with Crippen LogP contribution in [0.15, 0.2) is 364 Å². The zero-order chi connectivity index (χ0) is 51.9. The normalized spacial score (nSPS) is 14.0. The van der Waals surface area contributed by atoms with Crippen molar-refractivity contribution in [2.45, 2.75) is 0 Å². The van der Waals surface area contributed by atoms with Crippen LogP contribution in [0.5, 0.6) is 0 Å². The zero-order valence-corrected chi connectivity index (χ0v) is 48.7. The molecule has 12 aromatic carbocycles. The molecular weight excluding hydrogens is 1090 g/mol. The van der Waals surface area contributed by atoms with E-state index in [1.165, 1.54) is 63.7 Å². The Kier molecular flexibility index (Phi) is 14.9. The van der Waals surface area contributed by atoms with Crippen LogP contribution >= 0.6 is 22.4 Å². The number of rotatable bonds is 16. The molecule has 0 unspecified atom stereocenters. The molecule has 0 spiro atoms. The molecule has 0 radical (unpaired) electrons. The van der Waals surface area contributed by atoms with E-state index in [9.17, 15) is 0 Å². The third-order valence-corrected chi connectivity index (χ3v) is 130. The van der Waals surface area contributed by atoms with Crippen molar-refractivity contribution in [1.82, 2.24) is 0 Å². The summed E-state index contributed by atoms with van der Waals surface area (Å²) in [6.07, 6.45) is 0. The van der Waals surface area contributed by atoms with Crippen LogP contribution in [0, 0.1) is 0 Å². The third-order valence-electron chi connectivity index (χ3n) is 15.6. The van der Waals surface area contributed by atoms with Gasteiger partial charge in [-0.05, 0) is 0 Å². The van der Waals surface area contributed by atoms with E-state index in [1.54, 1.807) is 0 Å². The molecule has 12 rings (SSSR count).